The Bertz CT molecular complexity index is 235. The Kier molecular flexibility index (Phi) is 17.0. The summed E-state index contributed by atoms with van der Waals surface area (Å²) >= 11 is 0. The second kappa shape index (κ2) is 16.9. The molecule has 0 aliphatic rings. The van der Waals surface area contributed by atoms with Crippen LogP contribution in [0.25, 0.3) is 0 Å². The van der Waals surface area contributed by atoms with E-state index in [0.717, 1.165) is 12.6 Å². The lowest BCUT2D eigenvalue weighted by Crippen LogP contribution is -2.35. The highest BCUT2D eigenvalue weighted by Crippen LogP contribution is 2.18. The number of hydrogen-bond donors (Lipinski definition) is 1. The molecule has 0 rings (SSSR count). The zero-order valence-corrected chi connectivity index (χ0v) is 17.2. The van der Waals surface area contributed by atoms with Crippen molar-refractivity contribution in [1.82, 2.24) is 0 Å². The lowest BCUT2D eigenvalue weighted by molar-refractivity contribution is 0.248. The summed E-state index contributed by atoms with van der Waals surface area (Å²) in [5.41, 5.74) is 5.50. The fraction of sp³-hybridized carbons (Fsp3) is 1.00. The van der Waals surface area contributed by atoms with Crippen molar-refractivity contribution in [3.8, 4) is 0 Å². The van der Waals surface area contributed by atoms with E-state index in [1.54, 1.807) is 14.2 Å². The fourth-order valence-corrected chi connectivity index (χ4v) is 4.47. The molecule has 0 saturated heterocycles. The van der Waals surface area contributed by atoms with E-state index in [9.17, 15) is 0 Å². The van der Waals surface area contributed by atoms with E-state index < -0.39 is 8.56 Å². The van der Waals surface area contributed by atoms with Crippen LogP contribution in [0.1, 0.15) is 89.9 Å². The van der Waals surface area contributed by atoms with Crippen molar-refractivity contribution in [2.45, 2.75) is 102 Å². The molecule has 3 nitrogen and oxygen atoms in total. The van der Waals surface area contributed by atoms with Crippen molar-refractivity contribution >= 4 is 8.56 Å². The molecule has 0 amide bonds. The molecule has 0 aromatic heterocycles. The molecule has 0 fully saturated rings. The molecule has 0 unspecified atom stereocenters. The Morgan fingerprint density at radius 2 is 0.870 bits per heavy atom. The molecule has 140 valence electrons. The first kappa shape index (κ1) is 23.1. The van der Waals surface area contributed by atoms with Gasteiger partial charge in [0.05, 0.1) is 0 Å². The van der Waals surface area contributed by atoms with Gasteiger partial charge >= 0.3 is 8.56 Å². The third kappa shape index (κ3) is 15.4. The topological polar surface area (TPSA) is 44.5 Å². The molecule has 0 saturated carbocycles. The van der Waals surface area contributed by atoms with Gasteiger partial charge in [0.1, 0.15) is 0 Å². The molecule has 0 spiro atoms. The van der Waals surface area contributed by atoms with Crippen LogP contribution in [-0.2, 0) is 8.85 Å². The monoisotopic (exact) mass is 345 g/mol. The Hall–Kier alpha value is 0.0969. The minimum absolute atomic E-state index is 0.861. The van der Waals surface area contributed by atoms with Crippen molar-refractivity contribution in [1.29, 1.82) is 0 Å². The van der Waals surface area contributed by atoms with Gasteiger partial charge < -0.3 is 14.6 Å². The highest BCUT2D eigenvalue weighted by molar-refractivity contribution is 6.65. The number of rotatable bonds is 18. The molecular formula is C19H43NO2Si. The molecule has 0 aromatic rings. The third-order valence-electron chi connectivity index (χ3n) is 4.95. The van der Waals surface area contributed by atoms with E-state index in [1.807, 2.05) is 0 Å². The van der Waals surface area contributed by atoms with Crippen LogP contribution in [0.3, 0.4) is 0 Å². The van der Waals surface area contributed by atoms with E-state index in [4.69, 9.17) is 14.6 Å². The van der Waals surface area contributed by atoms with Crippen molar-refractivity contribution in [2.75, 3.05) is 20.8 Å². The van der Waals surface area contributed by atoms with Gasteiger partial charge in [-0.1, -0.05) is 83.5 Å². The Morgan fingerprint density at radius 3 is 1.17 bits per heavy atom. The van der Waals surface area contributed by atoms with Gasteiger partial charge in [0.15, 0.2) is 0 Å². The maximum atomic E-state index is 5.52. The summed E-state index contributed by atoms with van der Waals surface area (Å²) in [6, 6.07) is 1.13. The maximum Gasteiger partial charge on any atom is 0.334 e. The first-order valence-electron chi connectivity index (χ1n) is 9.99. The standard InChI is InChI=1S/C19H43NO2Si/c1-21-23(3,22-2)19-17-15-13-11-9-7-5-4-6-8-10-12-14-16-18-20/h4-20H2,1-3H3. The van der Waals surface area contributed by atoms with Crippen LogP contribution in [0, 0.1) is 0 Å². The van der Waals surface area contributed by atoms with Crippen LogP contribution in [0.4, 0.5) is 0 Å². The van der Waals surface area contributed by atoms with Crippen LogP contribution < -0.4 is 5.73 Å². The first-order chi connectivity index (χ1) is 11.2. The molecule has 0 radical (unpaired) electrons. The quantitative estimate of drug-likeness (QED) is 0.253. The van der Waals surface area contributed by atoms with Gasteiger partial charge in [-0.15, -0.1) is 0 Å². The molecule has 0 bridgehead atoms. The van der Waals surface area contributed by atoms with Crippen molar-refractivity contribution in [2.24, 2.45) is 5.73 Å². The van der Waals surface area contributed by atoms with Gasteiger partial charge in [-0.05, 0) is 25.6 Å². The van der Waals surface area contributed by atoms with E-state index in [1.165, 1.54) is 89.9 Å². The third-order valence-corrected chi connectivity index (χ3v) is 7.94. The maximum absolute atomic E-state index is 5.52. The summed E-state index contributed by atoms with van der Waals surface area (Å²) < 4.78 is 11.0. The molecule has 0 atom stereocenters. The second-order valence-electron chi connectivity index (χ2n) is 7.03. The Morgan fingerprint density at radius 1 is 0.565 bits per heavy atom. The lowest BCUT2D eigenvalue weighted by atomic mass is 10.0. The summed E-state index contributed by atoms with van der Waals surface area (Å²) in [4.78, 5) is 0. The van der Waals surface area contributed by atoms with Crippen molar-refractivity contribution in [3.05, 3.63) is 0 Å². The van der Waals surface area contributed by atoms with Crippen molar-refractivity contribution in [3.63, 3.8) is 0 Å². The van der Waals surface area contributed by atoms with Gasteiger partial charge in [0.25, 0.3) is 0 Å². The van der Waals surface area contributed by atoms with Gasteiger partial charge in [-0.2, -0.15) is 0 Å². The first-order valence-corrected chi connectivity index (χ1v) is 12.5. The molecule has 4 heteroatoms. The second-order valence-corrected chi connectivity index (χ2v) is 10.6. The predicted octanol–water partition coefficient (Wildman–Crippen LogP) is 5.77. The van der Waals surface area contributed by atoms with Crippen LogP contribution >= 0.6 is 0 Å². The highest BCUT2D eigenvalue weighted by Gasteiger charge is 2.27. The summed E-state index contributed by atoms with van der Waals surface area (Å²) in [6.07, 6.45) is 19.2. The molecular weight excluding hydrogens is 302 g/mol. The normalized spacial score (nSPS) is 12.0. The van der Waals surface area contributed by atoms with Crippen LogP contribution in [-0.4, -0.2) is 29.3 Å². The summed E-state index contributed by atoms with van der Waals surface area (Å²) in [5.74, 6) is 0. The van der Waals surface area contributed by atoms with E-state index in [0.29, 0.717) is 0 Å². The molecule has 0 aromatic carbocycles. The summed E-state index contributed by atoms with van der Waals surface area (Å²) in [7, 11) is 1.77. The number of nitrogens with two attached hydrogens (primary N) is 1. The lowest BCUT2D eigenvalue weighted by Gasteiger charge is -2.22. The Balaban J connectivity index is 3.14. The SMILES string of the molecule is CO[Si](C)(CCCCCCCCCCCCCCCCN)OC. The molecule has 0 heterocycles. The predicted molar refractivity (Wildman–Crippen MR) is 104 cm³/mol. The Labute approximate surface area is 147 Å². The van der Waals surface area contributed by atoms with Gasteiger partial charge in [0, 0.05) is 14.2 Å². The van der Waals surface area contributed by atoms with Gasteiger partial charge in [-0.25, -0.2) is 0 Å². The molecule has 0 aliphatic carbocycles. The molecule has 23 heavy (non-hydrogen) atoms. The summed E-state index contributed by atoms with van der Waals surface area (Å²) in [5, 5.41) is 0. The van der Waals surface area contributed by atoms with Crippen LogP contribution in [0.2, 0.25) is 12.6 Å². The zero-order valence-electron chi connectivity index (χ0n) is 16.2. The highest BCUT2D eigenvalue weighted by atomic mass is 28.4. The van der Waals surface area contributed by atoms with Crippen LogP contribution in [0.15, 0.2) is 0 Å². The molecule has 0 aliphatic heterocycles. The number of unbranched alkanes of at least 4 members (excludes halogenated alkanes) is 13. The summed E-state index contributed by atoms with van der Waals surface area (Å²) in [6.45, 7) is 3.02. The van der Waals surface area contributed by atoms with Gasteiger partial charge in [-0.3, -0.25) is 0 Å². The zero-order chi connectivity index (χ0) is 17.2. The van der Waals surface area contributed by atoms with Gasteiger partial charge in [0.2, 0.25) is 0 Å². The fourth-order valence-electron chi connectivity index (χ4n) is 3.00. The number of hydrogen-bond acceptors (Lipinski definition) is 3. The van der Waals surface area contributed by atoms with Crippen molar-refractivity contribution < 1.29 is 8.85 Å². The van der Waals surface area contributed by atoms with E-state index in [2.05, 4.69) is 6.55 Å². The minimum atomic E-state index is -1.81. The largest absolute Gasteiger partial charge is 0.398 e. The average molecular weight is 346 g/mol. The van der Waals surface area contributed by atoms with Crippen LogP contribution in [0.5, 0.6) is 0 Å². The minimum Gasteiger partial charge on any atom is -0.398 e. The average Bonchev–Trinajstić information content (AvgIpc) is 2.58. The van der Waals surface area contributed by atoms with E-state index >= 15 is 0 Å². The molecule has 2 N–H and O–H groups in total. The smallest absolute Gasteiger partial charge is 0.334 e. The van der Waals surface area contributed by atoms with E-state index in [-0.39, 0.29) is 0 Å².